The molecule has 0 atom stereocenters. The molecule has 0 saturated carbocycles. The Morgan fingerprint density at radius 2 is 1.38 bits per heavy atom. The van der Waals surface area contributed by atoms with Crippen LogP contribution in [0.15, 0.2) is 59.6 Å². The Morgan fingerprint density at radius 1 is 0.821 bits per heavy atom. The molecule has 3 rings (SSSR count). The van der Waals surface area contributed by atoms with Crippen LogP contribution < -0.4 is 10.1 Å². The Bertz CT molecular complexity index is 963. The maximum Gasteiger partial charge on any atom is 0.228 e. The summed E-state index contributed by atoms with van der Waals surface area (Å²) in [6.07, 6.45) is 18.7. The van der Waals surface area contributed by atoms with E-state index in [4.69, 9.17) is 4.74 Å². The second-order valence-electron chi connectivity index (χ2n) is 10.6. The molecule has 4 nitrogen and oxygen atoms in total. The van der Waals surface area contributed by atoms with Crippen LogP contribution in [0.1, 0.15) is 102 Å². The Balaban J connectivity index is 0.00000533. The number of unbranched alkanes of at least 4 members (excludes halogenated alkanes) is 11. The Kier molecular flexibility index (Phi) is 17.1. The molecule has 216 valence electrons. The predicted molar refractivity (Wildman–Crippen MR) is 174 cm³/mol. The van der Waals surface area contributed by atoms with Crippen molar-refractivity contribution in [2.75, 3.05) is 17.8 Å². The van der Waals surface area contributed by atoms with E-state index in [1.54, 1.807) is 0 Å². The molecule has 1 amide bonds. The first kappa shape index (κ1) is 33.3. The van der Waals surface area contributed by atoms with E-state index in [9.17, 15) is 4.79 Å². The highest BCUT2D eigenvalue weighted by atomic mass is 79.9. The van der Waals surface area contributed by atoms with Gasteiger partial charge in [0.05, 0.1) is 18.9 Å². The van der Waals surface area contributed by atoms with E-state index in [1.165, 1.54) is 81.1 Å². The number of nitrogens with one attached hydrogen (secondary N) is 1. The first-order valence-corrected chi connectivity index (χ1v) is 15.8. The summed E-state index contributed by atoms with van der Waals surface area (Å²) in [5.74, 6) is 1.89. The van der Waals surface area contributed by atoms with Crippen molar-refractivity contribution in [1.29, 1.82) is 0 Å². The van der Waals surface area contributed by atoms with E-state index in [0.717, 1.165) is 42.4 Å². The van der Waals surface area contributed by atoms with E-state index in [1.807, 2.05) is 48.2 Å². The topological polar surface area (TPSA) is 41.6 Å². The van der Waals surface area contributed by atoms with Gasteiger partial charge in [-0.15, -0.1) is 28.7 Å². The molecule has 1 aliphatic rings. The highest BCUT2D eigenvalue weighted by molar-refractivity contribution is 8.93. The number of thioether (sulfide) groups is 1. The molecule has 0 unspecified atom stereocenters. The van der Waals surface area contributed by atoms with Crippen LogP contribution in [0.5, 0.6) is 5.75 Å². The summed E-state index contributed by atoms with van der Waals surface area (Å²) in [5.41, 5.74) is 3.07. The van der Waals surface area contributed by atoms with Crippen LogP contribution in [-0.4, -0.2) is 23.3 Å². The lowest BCUT2D eigenvalue weighted by atomic mass is 10.1. The van der Waals surface area contributed by atoms with Gasteiger partial charge in [-0.25, -0.2) is 0 Å². The second-order valence-corrected chi connectivity index (χ2v) is 11.8. The van der Waals surface area contributed by atoms with Gasteiger partial charge in [0.2, 0.25) is 5.91 Å². The van der Waals surface area contributed by atoms with Crippen LogP contribution in [0.2, 0.25) is 0 Å². The molecule has 0 fully saturated rings. The van der Waals surface area contributed by atoms with Crippen LogP contribution in [0, 0.1) is 0 Å². The third-order valence-electron chi connectivity index (χ3n) is 7.00. The van der Waals surface area contributed by atoms with Gasteiger partial charge >= 0.3 is 0 Å². The lowest BCUT2D eigenvalue weighted by molar-refractivity contribution is -0.115. The van der Waals surface area contributed by atoms with Gasteiger partial charge in [-0.05, 0) is 53.6 Å². The smallest absolute Gasteiger partial charge is 0.228 e. The number of benzene rings is 2. The largest absolute Gasteiger partial charge is 0.494 e. The average Bonchev–Trinajstić information content (AvgIpc) is 3.33. The van der Waals surface area contributed by atoms with Gasteiger partial charge in [-0.2, -0.15) is 0 Å². The summed E-state index contributed by atoms with van der Waals surface area (Å²) in [5, 5.41) is 3.01. The quantitative estimate of drug-likeness (QED) is 0.159. The van der Waals surface area contributed by atoms with E-state index in [-0.39, 0.29) is 22.9 Å². The van der Waals surface area contributed by atoms with Crippen LogP contribution in [0.4, 0.5) is 5.69 Å². The lowest BCUT2D eigenvalue weighted by Gasteiger charge is -2.14. The number of rotatable bonds is 19. The SMILES string of the molecule is Br.CCCCCCCCCCCCCCOc1ccc(CC(=O)Nc2ccc(CN3C=C(C)SC3)cc2)cc1. The first-order chi connectivity index (χ1) is 18.6. The predicted octanol–water partition coefficient (Wildman–Crippen LogP) is 9.89. The number of halogens is 1. The van der Waals surface area contributed by atoms with Crippen LogP contribution in [-0.2, 0) is 17.8 Å². The van der Waals surface area contributed by atoms with E-state index in [2.05, 4.69) is 42.4 Å². The van der Waals surface area contributed by atoms with Crippen molar-refractivity contribution in [1.82, 2.24) is 4.90 Å². The van der Waals surface area contributed by atoms with E-state index < -0.39 is 0 Å². The minimum Gasteiger partial charge on any atom is -0.494 e. The number of carbonyl (C=O) groups excluding carboxylic acids is 1. The van der Waals surface area contributed by atoms with E-state index >= 15 is 0 Å². The summed E-state index contributed by atoms with van der Waals surface area (Å²) in [6.45, 7) is 6.08. The van der Waals surface area contributed by atoms with Gasteiger partial charge in [0.25, 0.3) is 0 Å². The molecule has 0 saturated heterocycles. The summed E-state index contributed by atoms with van der Waals surface area (Å²) < 4.78 is 5.91. The number of allylic oxidation sites excluding steroid dienone is 1. The molecular formula is C33H49BrN2O2S. The van der Waals surface area contributed by atoms with Crippen molar-refractivity contribution in [3.63, 3.8) is 0 Å². The molecule has 1 N–H and O–H groups in total. The van der Waals surface area contributed by atoms with Gasteiger partial charge in [0.15, 0.2) is 0 Å². The average molecular weight is 618 g/mol. The molecule has 0 aliphatic carbocycles. The fourth-order valence-corrected chi connectivity index (χ4v) is 5.52. The third-order valence-corrected chi connectivity index (χ3v) is 8.02. The molecule has 0 spiro atoms. The monoisotopic (exact) mass is 616 g/mol. The minimum atomic E-state index is -0.00240. The van der Waals surface area contributed by atoms with Crippen molar-refractivity contribution in [3.8, 4) is 5.75 Å². The highest BCUT2D eigenvalue weighted by Crippen LogP contribution is 2.26. The summed E-state index contributed by atoms with van der Waals surface area (Å²) in [4.78, 5) is 16.2. The Morgan fingerprint density at radius 3 is 1.95 bits per heavy atom. The van der Waals surface area contributed by atoms with E-state index in [0.29, 0.717) is 6.42 Å². The number of nitrogens with zero attached hydrogens (tertiary/aromatic N) is 1. The number of hydrogen-bond donors (Lipinski definition) is 1. The normalized spacial score (nSPS) is 12.7. The first-order valence-electron chi connectivity index (χ1n) is 14.8. The minimum absolute atomic E-state index is 0. The van der Waals surface area contributed by atoms with Crippen molar-refractivity contribution < 1.29 is 9.53 Å². The molecule has 0 bridgehead atoms. The number of ether oxygens (including phenoxy) is 1. The molecule has 2 aromatic carbocycles. The fourth-order valence-electron chi connectivity index (χ4n) is 4.76. The lowest BCUT2D eigenvalue weighted by Crippen LogP contribution is -2.15. The summed E-state index contributed by atoms with van der Waals surface area (Å²) in [6, 6.07) is 16.1. The van der Waals surface area contributed by atoms with Gasteiger partial charge in [-0.3, -0.25) is 4.79 Å². The van der Waals surface area contributed by atoms with Crippen molar-refractivity contribution >= 4 is 40.3 Å². The van der Waals surface area contributed by atoms with Gasteiger partial charge in [-0.1, -0.05) is 102 Å². The van der Waals surface area contributed by atoms with Gasteiger partial charge in [0, 0.05) is 18.4 Å². The summed E-state index contributed by atoms with van der Waals surface area (Å²) in [7, 11) is 0. The fraction of sp³-hybridized carbons (Fsp3) is 0.545. The molecular weight excluding hydrogens is 568 g/mol. The maximum atomic E-state index is 12.5. The zero-order valence-corrected chi connectivity index (χ0v) is 26.6. The van der Waals surface area contributed by atoms with Crippen molar-refractivity contribution in [2.24, 2.45) is 0 Å². The zero-order valence-electron chi connectivity index (χ0n) is 24.1. The van der Waals surface area contributed by atoms with Crippen molar-refractivity contribution in [3.05, 3.63) is 70.8 Å². The van der Waals surface area contributed by atoms with Crippen molar-refractivity contribution in [2.45, 2.75) is 104 Å². The summed E-state index contributed by atoms with van der Waals surface area (Å²) >= 11 is 1.87. The molecule has 0 aromatic heterocycles. The second kappa shape index (κ2) is 20.0. The third kappa shape index (κ3) is 14.3. The van der Waals surface area contributed by atoms with Gasteiger partial charge < -0.3 is 15.0 Å². The number of hydrogen-bond acceptors (Lipinski definition) is 4. The van der Waals surface area contributed by atoms with Crippen LogP contribution >= 0.6 is 28.7 Å². The Hall–Kier alpha value is -1.92. The molecule has 6 heteroatoms. The van der Waals surface area contributed by atoms with Crippen LogP contribution in [0.25, 0.3) is 0 Å². The molecule has 0 radical (unpaired) electrons. The number of carbonyl (C=O) groups is 1. The highest BCUT2D eigenvalue weighted by Gasteiger charge is 2.10. The molecule has 1 heterocycles. The Labute approximate surface area is 252 Å². The van der Waals surface area contributed by atoms with Crippen LogP contribution in [0.3, 0.4) is 0 Å². The molecule has 1 aliphatic heterocycles. The molecule has 39 heavy (non-hydrogen) atoms. The zero-order chi connectivity index (χ0) is 26.8. The number of amides is 1. The van der Waals surface area contributed by atoms with Gasteiger partial charge in [0.1, 0.15) is 5.75 Å². The number of anilines is 1. The standard InChI is InChI=1S/C33H48N2O2S.BrH/c1-3-4-5-6-7-8-9-10-11-12-13-14-23-37-32-21-17-29(18-22-32)24-33(36)34-31-19-15-30(16-20-31)26-35-25-28(2)38-27-35;/h15-22,25H,3-14,23-24,26-27H2,1-2H3,(H,34,36);1H. The molecule has 2 aromatic rings. The maximum absolute atomic E-state index is 12.5.